The molecule has 0 aliphatic heterocycles. The third kappa shape index (κ3) is 5.08. The van der Waals surface area contributed by atoms with Gasteiger partial charge >= 0.3 is 0 Å². The molecule has 0 amide bonds. The monoisotopic (exact) mass is 308 g/mol. The molecule has 1 saturated carbocycles. The van der Waals surface area contributed by atoms with Crippen LogP contribution in [-0.2, 0) is 6.54 Å². The summed E-state index contributed by atoms with van der Waals surface area (Å²) in [6, 6.07) is 5.31. The van der Waals surface area contributed by atoms with Crippen molar-refractivity contribution in [3.05, 3.63) is 22.4 Å². The normalized spacial score (nSPS) is 15.8. The van der Waals surface area contributed by atoms with Crippen molar-refractivity contribution in [1.29, 1.82) is 0 Å². The van der Waals surface area contributed by atoms with Gasteiger partial charge in [-0.1, -0.05) is 26.8 Å². The van der Waals surface area contributed by atoms with E-state index in [0.717, 1.165) is 19.1 Å². The fourth-order valence-electron chi connectivity index (χ4n) is 3.10. The fraction of sp³-hybridized carbons (Fsp3) is 0.778. The van der Waals surface area contributed by atoms with Crippen LogP contribution in [0.3, 0.4) is 0 Å². The van der Waals surface area contributed by atoms with Crippen molar-refractivity contribution >= 4 is 11.3 Å². The van der Waals surface area contributed by atoms with Crippen LogP contribution in [-0.4, -0.2) is 30.6 Å². The van der Waals surface area contributed by atoms with E-state index in [1.165, 1.54) is 50.1 Å². The molecule has 1 aromatic rings. The zero-order valence-electron chi connectivity index (χ0n) is 14.0. The van der Waals surface area contributed by atoms with E-state index < -0.39 is 0 Å². The van der Waals surface area contributed by atoms with Gasteiger partial charge in [-0.25, -0.2) is 0 Å². The summed E-state index contributed by atoms with van der Waals surface area (Å²) in [5.41, 5.74) is 0.440. The Bertz CT molecular complexity index is 380. The first kappa shape index (κ1) is 17.0. The second-order valence-electron chi connectivity index (χ2n) is 6.60. The van der Waals surface area contributed by atoms with Crippen molar-refractivity contribution in [1.82, 2.24) is 10.2 Å². The van der Waals surface area contributed by atoms with Crippen LogP contribution in [0.4, 0.5) is 0 Å². The number of thiophene rings is 1. The van der Waals surface area contributed by atoms with Crippen LogP contribution < -0.4 is 5.32 Å². The summed E-state index contributed by atoms with van der Waals surface area (Å²) in [7, 11) is 0. The lowest BCUT2D eigenvalue weighted by Gasteiger charge is -2.38. The topological polar surface area (TPSA) is 15.3 Å². The Morgan fingerprint density at radius 2 is 2.05 bits per heavy atom. The van der Waals surface area contributed by atoms with Crippen molar-refractivity contribution in [3.8, 4) is 0 Å². The molecule has 0 aromatic carbocycles. The molecule has 1 heterocycles. The van der Waals surface area contributed by atoms with Crippen LogP contribution in [0.1, 0.15) is 57.8 Å². The zero-order valence-corrected chi connectivity index (χ0v) is 14.8. The van der Waals surface area contributed by atoms with Crippen LogP contribution in [0, 0.1) is 5.41 Å². The molecular formula is C18H32N2S. The average Bonchev–Trinajstić information content (AvgIpc) is 3.23. The van der Waals surface area contributed by atoms with Gasteiger partial charge in [-0.15, -0.1) is 11.3 Å². The van der Waals surface area contributed by atoms with Crippen LogP contribution in [0.2, 0.25) is 0 Å². The van der Waals surface area contributed by atoms with Crippen molar-refractivity contribution in [3.63, 3.8) is 0 Å². The number of nitrogens with one attached hydrogen (secondary N) is 1. The second-order valence-corrected chi connectivity index (χ2v) is 7.63. The molecule has 1 aliphatic rings. The fourth-order valence-corrected chi connectivity index (χ4v) is 3.83. The predicted molar refractivity (Wildman–Crippen MR) is 93.9 cm³/mol. The van der Waals surface area contributed by atoms with Gasteiger partial charge in [0.2, 0.25) is 0 Å². The number of nitrogens with zero attached hydrogens (tertiary/aromatic N) is 1. The van der Waals surface area contributed by atoms with E-state index in [4.69, 9.17) is 0 Å². The zero-order chi connectivity index (χ0) is 15.1. The van der Waals surface area contributed by atoms with Gasteiger partial charge in [0.05, 0.1) is 0 Å². The highest BCUT2D eigenvalue weighted by molar-refractivity contribution is 7.09. The Balaban J connectivity index is 1.97. The Hall–Kier alpha value is -0.380. The maximum atomic E-state index is 3.68. The van der Waals surface area contributed by atoms with E-state index in [1.807, 2.05) is 11.3 Å². The molecule has 1 N–H and O–H groups in total. The summed E-state index contributed by atoms with van der Waals surface area (Å²) in [5.74, 6) is 0. The molecule has 0 spiro atoms. The van der Waals surface area contributed by atoms with Gasteiger partial charge in [0, 0.05) is 30.6 Å². The summed E-state index contributed by atoms with van der Waals surface area (Å²) in [4.78, 5) is 4.27. The Kier molecular flexibility index (Phi) is 6.72. The van der Waals surface area contributed by atoms with Gasteiger partial charge in [-0.2, -0.15) is 0 Å². The van der Waals surface area contributed by atoms with E-state index >= 15 is 0 Å². The van der Waals surface area contributed by atoms with Crippen molar-refractivity contribution in [2.45, 2.75) is 65.5 Å². The van der Waals surface area contributed by atoms with Crippen LogP contribution >= 0.6 is 11.3 Å². The molecule has 2 rings (SSSR count). The third-order valence-corrected chi connectivity index (χ3v) is 5.83. The molecule has 1 aromatic heterocycles. The molecule has 1 fully saturated rings. The van der Waals surface area contributed by atoms with E-state index in [-0.39, 0.29) is 0 Å². The van der Waals surface area contributed by atoms with E-state index in [9.17, 15) is 0 Å². The Morgan fingerprint density at radius 3 is 2.57 bits per heavy atom. The predicted octanol–water partition coefficient (Wildman–Crippen LogP) is 4.52. The lowest BCUT2D eigenvalue weighted by molar-refractivity contribution is 0.123. The van der Waals surface area contributed by atoms with Crippen molar-refractivity contribution in [2.75, 3.05) is 19.6 Å². The molecular weight excluding hydrogens is 276 g/mol. The molecule has 0 bridgehead atoms. The number of rotatable bonds is 11. The summed E-state index contributed by atoms with van der Waals surface area (Å²) in [5, 5.41) is 5.88. The number of hydrogen-bond acceptors (Lipinski definition) is 3. The number of hydrogen-bond donors (Lipinski definition) is 1. The molecule has 3 heteroatoms. The Morgan fingerprint density at radius 1 is 1.29 bits per heavy atom. The summed E-state index contributed by atoms with van der Waals surface area (Å²) in [6.45, 7) is 11.7. The third-order valence-electron chi connectivity index (χ3n) is 4.97. The highest BCUT2D eigenvalue weighted by Gasteiger charge is 2.35. The summed E-state index contributed by atoms with van der Waals surface area (Å²) < 4.78 is 0. The largest absolute Gasteiger partial charge is 0.316 e. The van der Waals surface area contributed by atoms with Crippen LogP contribution in [0.15, 0.2) is 17.5 Å². The van der Waals surface area contributed by atoms with Crippen LogP contribution in [0.5, 0.6) is 0 Å². The van der Waals surface area contributed by atoms with Crippen molar-refractivity contribution < 1.29 is 0 Å². The first-order chi connectivity index (χ1) is 10.2. The average molecular weight is 309 g/mol. The minimum absolute atomic E-state index is 0.440. The van der Waals surface area contributed by atoms with Gasteiger partial charge in [0.1, 0.15) is 0 Å². The van der Waals surface area contributed by atoms with E-state index in [2.05, 4.69) is 48.5 Å². The minimum atomic E-state index is 0.440. The molecule has 0 saturated heterocycles. The second kappa shape index (κ2) is 8.30. The smallest absolute Gasteiger partial charge is 0.0331 e. The summed E-state index contributed by atoms with van der Waals surface area (Å²) >= 11 is 1.90. The Labute approximate surface area is 134 Å². The van der Waals surface area contributed by atoms with Gasteiger partial charge < -0.3 is 5.32 Å². The first-order valence-electron chi connectivity index (χ1n) is 8.70. The molecule has 0 atom stereocenters. The molecule has 21 heavy (non-hydrogen) atoms. The highest BCUT2D eigenvalue weighted by Crippen LogP contribution is 2.35. The molecule has 2 nitrogen and oxygen atoms in total. The highest BCUT2D eigenvalue weighted by atomic mass is 32.1. The molecule has 1 aliphatic carbocycles. The lowest BCUT2D eigenvalue weighted by Crippen LogP contribution is -2.44. The minimum Gasteiger partial charge on any atom is -0.316 e. The maximum Gasteiger partial charge on any atom is 0.0331 e. The van der Waals surface area contributed by atoms with Crippen molar-refractivity contribution in [2.24, 2.45) is 5.41 Å². The SMILES string of the molecule is CCCNCC(CC)(CC)CN(Cc1cccs1)C1CC1. The van der Waals surface area contributed by atoms with Gasteiger partial charge in [0.15, 0.2) is 0 Å². The van der Waals surface area contributed by atoms with E-state index in [1.54, 1.807) is 0 Å². The summed E-state index contributed by atoms with van der Waals surface area (Å²) in [6.07, 6.45) is 6.57. The van der Waals surface area contributed by atoms with Gasteiger partial charge in [-0.05, 0) is 55.5 Å². The van der Waals surface area contributed by atoms with Gasteiger partial charge in [0.25, 0.3) is 0 Å². The first-order valence-corrected chi connectivity index (χ1v) is 9.58. The standard InChI is InChI=1S/C18H32N2S/c1-4-11-19-14-18(5-2,6-3)15-20(16-9-10-16)13-17-8-7-12-21-17/h7-8,12,16,19H,4-6,9-11,13-15H2,1-3H3. The quantitative estimate of drug-likeness (QED) is 0.605. The lowest BCUT2D eigenvalue weighted by atomic mass is 9.81. The molecule has 0 radical (unpaired) electrons. The van der Waals surface area contributed by atoms with Crippen LogP contribution in [0.25, 0.3) is 0 Å². The molecule has 0 unspecified atom stereocenters. The van der Waals surface area contributed by atoms with Gasteiger partial charge in [-0.3, -0.25) is 4.90 Å². The molecule has 120 valence electrons. The maximum absolute atomic E-state index is 3.68. The van der Waals surface area contributed by atoms with E-state index in [0.29, 0.717) is 5.41 Å².